The summed E-state index contributed by atoms with van der Waals surface area (Å²) in [6.07, 6.45) is 3.56. The van der Waals surface area contributed by atoms with Crippen molar-refractivity contribution < 1.29 is 23.2 Å². The van der Waals surface area contributed by atoms with E-state index in [-0.39, 0.29) is 17.6 Å². The van der Waals surface area contributed by atoms with Gasteiger partial charge in [0.15, 0.2) is 14.6 Å². The largest absolute Gasteiger partial charge is 0.444 e. The van der Waals surface area contributed by atoms with E-state index in [0.29, 0.717) is 19.1 Å². The lowest BCUT2D eigenvalue weighted by Gasteiger charge is -2.34. The van der Waals surface area contributed by atoms with Gasteiger partial charge >= 0.3 is 6.09 Å². The predicted octanol–water partition coefficient (Wildman–Crippen LogP) is 7.03. The van der Waals surface area contributed by atoms with Gasteiger partial charge in [0.1, 0.15) is 5.60 Å². The summed E-state index contributed by atoms with van der Waals surface area (Å²) in [5, 5.41) is 5.62. The summed E-state index contributed by atoms with van der Waals surface area (Å²) >= 11 is 0. The molecule has 2 heterocycles. The zero-order valence-electron chi connectivity index (χ0n) is 24.5. The quantitative estimate of drug-likeness (QED) is 0.323. The summed E-state index contributed by atoms with van der Waals surface area (Å²) in [6.45, 7) is 21.5. The van der Waals surface area contributed by atoms with E-state index in [9.17, 15) is 4.79 Å². The Balaban J connectivity index is 1.77. The third kappa shape index (κ3) is 8.04. The number of hydrogen-bond donors (Lipinski definition) is 0. The number of nitrogens with zero attached hydrogens (tertiary/aromatic N) is 2. The first-order valence-electron chi connectivity index (χ1n) is 13.9. The van der Waals surface area contributed by atoms with Crippen molar-refractivity contribution in [3.05, 3.63) is 29.0 Å². The van der Waals surface area contributed by atoms with E-state index in [1.165, 1.54) is 0 Å². The van der Waals surface area contributed by atoms with E-state index >= 15 is 0 Å². The number of likely N-dealkylation sites (tertiary alicyclic amines) is 1. The second-order valence-electron chi connectivity index (χ2n) is 12.7. The molecule has 0 radical (unpaired) electrons. The molecule has 0 bridgehead atoms. The standard InChI is InChI=1S/C29H48N2O5Si/c1-10-33-19-21-12-13-22-23(30-35-25(22)24(21)26(28(2,3)4)36-37(8)9)14-11-20-15-17-31(18-16-20)27(32)34-29(5,6)7/h12-13,20,26,37H,10-11,14-19H2,1-9H3. The molecule has 2 aromatic rings. The van der Waals surface area contributed by atoms with Crippen molar-refractivity contribution in [2.45, 2.75) is 106 Å². The lowest BCUT2D eigenvalue weighted by molar-refractivity contribution is 0.0181. The third-order valence-electron chi connectivity index (χ3n) is 6.82. The molecule has 1 fully saturated rings. The van der Waals surface area contributed by atoms with E-state index in [4.69, 9.17) is 18.4 Å². The van der Waals surface area contributed by atoms with Crippen LogP contribution in [0.1, 0.15) is 90.7 Å². The normalized spacial score (nSPS) is 16.5. The van der Waals surface area contributed by atoms with Gasteiger partial charge in [-0.2, -0.15) is 0 Å². The van der Waals surface area contributed by atoms with Gasteiger partial charge in [-0.3, -0.25) is 0 Å². The van der Waals surface area contributed by atoms with Crippen LogP contribution < -0.4 is 0 Å². The number of carbonyl (C=O) groups excluding carboxylic acids is 1. The number of carbonyl (C=O) groups is 1. The highest BCUT2D eigenvalue weighted by molar-refractivity contribution is 6.48. The maximum absolute atomic E-state index is 12.4. The fourth-order valence-corrected chi connectivity index (χ4v) is 6.06. The Bertz CT molecular complexity index is 1030. The van der Waals surface area contributed by atoms with Crippen LogP contribution in [0.25, 0.3) is 11.0 Å². The van der Waals surface area contributed by atoms with Crippen LogP contribution in [-0.2, 0) is 26.9 Å². The highest BCUT2D eigenvalue weighted by Gasteiger charge is 2.33. The molecule has 37 heavy (non-hydrogen) atoms. The van der Waals surface area contributed by atoms with Crippen LogP contribution >= 0.6 is 0 Å². The van der Waals surface area contributed by atoms with Gasteiger partial charge in [-0.15, -0.1) is 0 Å². The van der Waals surface area contributed by atoms with E-state index in [1.807, 2.05) is 32.6 Å². The van der Waals surface area contributed by atoms with Crippen molar-refractivity contribution in [1.29, 1.82) is 0 Å². The first-order chi connectivity index (χ1) is 17.3. The van der Waals surface area contributed by atoms with Gasteiger partial charge in [0.05, 0.1) is 18.4 Å². The SMILES string of the molecule is CCOCc1ccc2c(CCC3CCN(C(=O)OC(C)(C)C)CC3)noc2c1C(O[SiH](C)C)C(C)(C)C. The lowest BCUT2D eigenvalue weighted by Crippen LogP contribution is -2.41. The second-order valence-corrected chi connectivity index (χ2v) is 15.0. The summed E-state index contributed by atoms with van der Waals surface area (Å²) in [6, 6.07) is 4.30. The molecule has 8 heteroatoms. The zero-order valence-corrected chi connectivity index (χ0v) is 25.6. The fourth-order valence-electron chi connectivity index (χ4n) is 4.97. The summed E-state index contributed by atoms with van der Waals surface area (Å²) in [7, 11) is -1.32. The molecule has 0 aliphatic carbocycles. The molecule has 1 amide bonds. The molecule has 1 aromatic carbocycles. The van der Waals surface area contributed by atoms with Crippen LogP contribution in [-0.4, -0.2) is 50.5 Å². The van der Waals surface area contributed by atoms with Crippen LogP contribution in [0.3, 0.4) is 0 Å². The van der Waals surface area contributed by atoms with Crippen LogP contribution in [0, 0.1) is 11.3 Å². The maximum Gasteiger partial charge on any atom is 0.410 e. The fraction of sp³-hybridized carbons (Fsp3) is 0.724. The molecule has 0 saturated carbocycles. The molecular weight excluding hydrogens is 484 g/mol. The molecule has 3 rings (SSSR count). The van der Waals surface area contributed by atoms with Gasteiger partial charge in [-0.1, -0.05) is 32.0 Å². The minimum atomic E-state index is -1.32. The molecule has 1 aliphatic rings. The number of benzene rings is 1. The lowest BCUT2D eigenvalue weighted by atomic mass is 9.82. The Labute approximate surface area is 224 Å². The van der Waals surface area contributed by atoms with Crippen molar-refractivity contribution in [2.75, 3.05) is 19.7 Å². The van der Waals surface area contributed by atoms with E-state index in [0.717, 1.165) is 66.6 Å². The van der Waals surface area contributed by atoms with Crippen molar-refractivity contribution >= 4 is 26.1 Å². The van der Waals surface area contributed by atoms with Crippen LogP contribution in [0.4, 0.5) is 4.79 Å². The Morgan fingerprint density at radius 2 is 1.84 bits per heavy atom. The zero-order chi connectivity index (χ0) is 27.4. The van der Waals surface area contributed by atoms with E-state index in [1.54, 1.807) is 0 Å². The number of piperidine rings is 1. The van der Waals surface area contributed by atoms with Gasteiger partial charge in [0, 0.05) is 30.6 Å². The number of fused-ring (bicyclic) bond motifs is 1. The Morgan fingerprint density at radius 3 is 2.41 bits per heavy atom. The number of aryl methyl sites for hydroxylation is 1. The maximum atomic E-state index is 12.4. The van der Waals surface area contributed by atoms with E-state index < -0.39 is 14.6 Å². The smallest absolute Gasteiger partial charge is 0.410 e. The van der Waals surface area contributed by atoms with E-state index in [2.05, 4.69) is 51.2 Å². The molecule has 1 aromatic heterocycles. The average Bonchev–Trinajstić information content (AvgIpc) is 3.21. The molecule has 1 atom stereocenters. The third-order valence-corrected chi connectivity index (χ3v) is 7.64. The highest BCUT2D eigenvalue weighted by Crippen LogP contribution is 2.42. The van der Waals surface area contributed by atoms with Crippen molar-refractivity contribution in [3.63, 3.8) is 0 Å². The van der Waals surface area contributed by atoms with Crippen molar-refractivity contribution in [2.24, 2.45) is 11.3 Å². The first kappa shape index (κ1) is 29.6. The van der Waals surface area contributed by atoms with Crippen LogP contribution in [0.15, 0.2) is 16.7 Å². The van der Waals surface area contributed by atoms with Gasteiger partial charge in [-0.05, 0) is 89.4 Å². The molecule has 0 N–H and O–H groups in total. The first-order valence-corrected chi connectivity index (χ1v) is 16.7. The number of rotatable bonds is 9. The molecule has 7 nitrogen and oxygen atoms in total. The molecule has 1 unspecified atom stereocenters. The van der Waals surface area contributed by atoms with Gasteiger partial charge in [-0.25, -0.2) is 4.79 Å². The molecule has 208 valence electrons. The van der Waals surface area contributed by atoms with Crippen LogP contribution in [0.2, 0.25) is 13.1 Å². The number of ether oxygens (including phenoxy) is 2. The monoisotopic (exact) mass is 532 g/mol. The Hall–Kier alpha value is -1.90. The minimum Gasteiger partial charge on any atom is -0.444 e. The number of aromatic nitrogens is 1. The summed E-state index contributed by atoms with van der Waals surface area (Å²) < 4.78 is 24.0. The number of hydrogen-bond acceptors (Lipinski definition) is 6. The van der Waals surface area contributed by atoms with Crippen molar-refractivity contribution in [1.82, 2.24) is 10.1 Å². The Kier molecular flexibility index (Phi) is 9.86. The molecule has 0 spiro atoms. The molecule has 1 saturated heterocycles. The van der Waals surface area contributed by atoms with Crippen LogP contribution in [0.5, 0.6) is 0 Å². The van der Waals surface area contributed by atoms with Gasteiger partial charge in [0.25, 0.3) is 0 Å². The summed E-state index contributed by atoms with van der Waals surface area (Å²) in [5.74, 6) is 0.555. The molecule has 1 aliphatic heterocycles. The summed E-state index contributed by atoms with van der Waals surface area (Å²) in [5.41, 5.74) is 3.48. The highest BCUT2D eigenvalue weighted by atomic mass is 28.3. The second kappa shape index (κ2) is 12.3. The minimum absolute atomic E-state index is 0.0868. The summed E-state index contributed by atoms with van der Waals surface area (Å²) in [4.78, 5) is 14.2. The molecular formula is C29H48N2O5Si. The topological polar surface area (TPSA) is 74.0 Å². The predicted molar refractivity (Wildman–Crippen MR) is 150 cm³/mol. The van der Waals surface area contributed by atoms with Gasteiger partial charge < -0.3 is 23.3 Å². The van der Waals surface area contributed by atoms with Crippen molar-refractivity contribution in [3.8, 4) is 0 Å². The Morgan fingerprint density at radius 1 is 1.16 bits per heavy atom. The van der Waals surface area contributed by atoms with Gasteiger partial charge in [0.2, 0.25) is 0 Å². The average molecular weight is 533 g/mol. The number of amides is 1.